The van der Waals surface area contributed by atoms with E-state index in [0.717, 1.165) is 4.88 Å². The average Bonchev–Trinajstić information content (AvgIpc) is 2.81. The predicted molar refractivity (Wildman–Crippen MR) is 66.3 cm³/mol. The van der Waals surface area contributed by atoms with Crippen molar-refractivity contribution in [3.63, 3.8) is 0 Å². The van der Waals surface area contributed by atoms with Crippen LogP contribution in [0.15, 0.2) is 12.1 Å². The van der Waals surface area contributed by atoms with Crippen LogP contribution in [0.3, 0.4) is 0 Å². The zero-order chi connectivity index (χ0) is 12.0. The molecule has 1 N–H and O–H groups in total. The molecule has 0 saturated carbocycles. The van der Waals surface area contributed by atoms with Gasteiger partial charge in [0.2, 0.25) is 6.29 Å². The first-order valence-corrected chi connectivity index (χ1v) is 6.53. The number of nitrogens with zero attached hydrogens (tertiary/aromatic N) is 1. The van der Waals surface area contributed by atoms with E-state index in [2.05, 4.69) is 10.2 Å². The Hall–Kier alpha value is -0.590. The fraction of sp³-hybridized carbons (Fsp3) is 0.300. The number of aromatic nitrogens is 2. The molecule has 0 aromatic carbocycles. The summed E-state index contributed by atoms with van der Waals surface area (Å²) < 4.78 is 11.4. The van der Waals surface area contributed by atoms with Gasteiger partial charge in [0, 0.05) is 0 Å². The Bertz CT molecular complexity index is 548. The van der Waals surface area contributed by atoms with E-state index in [1.165, 1.54) is 11.3 Å². The molecule has 2 aromatic rings. The Labute approximate surface area is 111 Å². The van der Waals surface area contributed by atoms with Crippen LogP contribution < -0.4 is 0 Å². The maximum atomic E-state index is 6.23. The highest BCUT2D eigenvalue weighted by Crippen LogP contribution is 2.40. The van der Waals surface area contributed by atoms with Crippen molar-refractivity contribution in [1.29, 1.82) is 0 Å². The summed E-state index contributed by atoms with van der Waals surface area (Å²) in [4.78, 5) is 0.912. The van der Waals surface area contributed by atoms with Gasteiger partial charge in [-0.05, 0) is 19.1 Å². The third kappa shape index (κ3) is 1.98. The minimum Gasteiger partial charge on any atom is -0.318 e. The van der Waals surface area contributed by atoms with Crippen LogP contribution in [0.4, 0.5) is 0 Å². The molecule has 1 aliphatic heterocycles. The molecule has 0 bridgehead atoms. The zero-order valence-corrected chi connectivity index (χ0v) is 11.1. The largest absolute Gasteiger partial charge is 0.318 e. The van der Waals surface area contributed by atoms with Gasteiger partial charge in [0.05, 0.1) is 14.2 Å². The molecule has 1 saturated heterocycles. The van der Waals surface area contributed by atoms with Crippen molar-refractivity contribution in [1.82, 2.24) is 10.2 Å². The average molecular weight is 291 g/mol. The highest BCUT2D eigenvalue weighted by atomic mass is 35.5. The number of hydrogen-bond acceptors (Lipinski definition) is 4. The van der Waals surface area contributed by atoms with Gasteiger partial charge < -0.3 is 9.47 Å². The lowest BCUT2D eigenvalue weighted by atomic mass is 10.3. The molecule has 1 aliphatic rings. The van der Waals surface area contributed by atoms with Crippen molar-refractivity contribution < 1.29 is 9.47 Å². The summed E-state index contributed by atoms with van der Waals surface area (Å²) in [5.41, 5.74) is 1.31. The molecule has 0 spiro atoms. The molecule has 0 unspecified atom stereocenters. The number of H-pyrrole nitrogens is 1. The van der Waals surface area contributed by atoms with Crippen molar-refractivity contribution in [3.05, 3.63) is 27.2 Å². The summed E-state index contributed by atoms with van der Waals surface area (Å²) in [6, 6.07) is 3.69. The third-order valence-electron chi connectivity index (χ3n) is 2.41. The summed E-state index contributed by atoms with van der Waals surface area (Å²) in [7, 11) is 0. The minimum atomic E-state index is -0.450. The second kappa shape index (κ2) is 4.26. The van der Waals surface area contributed by atoms with Crippen molar-refractivity contribution in [2.24, 2.45) is 0 Å². The molecule has 1 fully saturated rings. The lowest BCUT2D eigenvalue weighted by molar-refractivity contribution is -0.383. The van der Waals surface area contributed by atoms with Crippen molar-refractivity contribution >= 4 is 34.5 Å². The number of hydrogen-bond donors (Lipinski definition) is 1. The van der Waals surface area contributed by atoms with Crippen LogP contribution in [0.1, 0.15) is 18.9 Å². The predicted octanol–water partition coefficient (Wildman–Crippen LogP) is 3.84. The van der Waals surface area contributed by atoms with Gasteiger partial charge in [0.1, 0.15) is 11.4 Å². The van der Waals surface area contributed by atoms with Crippen LogP contribution in [0, 0.1) is 0 Å². The van der Waals surface area contributed by atoms with Crippen LogP contribution in [-0.2, 0) is 9.47 Å². The summed E-state index contributed by atoms with van der Waals surface area (Å²) in [6.07, 6.45) is -0.645. The van der Waals surface area contributed by atoms with Crippen LogP contribution in [0.25, 0.3) is 10.6 Å². The molecule has 2 aromatic heterocycles. The van der Waals surface area contributed by atoms with Crippen molar-refractivity contribution in [3.8, 4) is 10.6 Å². The number of rotatable bonds is 2. The van der Waals surface area contributed by atoms with E-state index in [1.807, 2.05) is 19.1 Å². The van der Waals surface area contributed by atoms with Gasteiger partial charge in [-0.15, -0.1) is 11.3 Å². The zero-order valence-electron chi connectivity index (χ0n) is 8.74. The molecule has 7 heteroatoms. The number of thiophene rings is 1. The first-order chi connectivity index (χ1) is 8.15. The first-order valence-electron chi connectivity index (χ1n) is 4.95. The van der Waals surface area contributed by atoms with Gasteiger partial charge in [-0.2, -0.15) is 5.10 Å². The molecular formula is C10H8Cl2N2O2S. The van der Waals surface area contributed by atoms with Crippen LogP contribution in [0.2, 0.25) is 9.36 Å². The third-order valence-corrected chi connectivity index (χ3v) is 4.03. The normalized spacial score (nSPS) is 23.7. The van der Waals surface area contributed by atoms with Gasteiger partial charge >= 0.3 is 0 Å². The topological polar surface area (TPSA) is 47.1 Å². The molecular weight excluding hydrogens is 283 g/mol. The quantitative estimate of drug-likeness (QED) is 0.914. The van der Waals surface area contributed by atoms with E-state index in [9.17, 15) is 0 Å². The number of halogens is 2. The Morgan fingerprint density at radius 1 is 1.35 bits per heavy atom. The van der Waals surface area contributed by atoms with E-state index in [0.29, 0.717) is 20.7 Å². The van der Waals surface area contributed by atoms with Gasteiger partial charge in [-0.1, -0.05) is 23.2 Å². The fourth-order valence-corrected chi connectivity index (χ4v) is 2.97. The number of aromatic amines is 1. The minimum absolute atomic E-state index is 0.195. The standard InChI is InChI=1S/C10H8Cl2N2O2S/c1-4-15-10(16-4)9-7(12)8(13-14-9)5-2-3-6(11)17-5/h2-4,10H,1H3,(H,13,14). The molecule has 17 heavy (non-hydrogen) atoms. The molecule has 0 radical (unpaired) electrons. The highest BCUT2D eigenvalue weighted by Gasteiger charge is 2.33. The molecule has 0 aliphatic carbocycles. The maximum absolute atomic E-state index is 6.23. The molecule has 90 valence electrons. The smallest absolute Gasteiger partial charge is 0.207 e. The molecule has 0 atom stereocenters. The van der Waals surface area contributed by atoms with Crippen molar-refractivity contribution in [2.75, 3.05) is 0 Å². The molecule has 4 nitrogen and oxygen atoms in total. The SMILES string of the molecule is CC1OC(c2[nH]nc(-c3ccc(Cl)s3)c2Cl)O1. The fourth-order valence-electron chi connectivity index (χ4n) is 1.60. The van der Waals surface area contributed by atoms with Gasteiger partial charge in [-0.3, -0.25) is 5.10 Å². The lowest BCUT2D eigenvalue weighted by Gasteiger charge is -2.32. The van der Waals surface area contributed by atoms with Gasteiger partial charge in [0.15, 0.2) is 6.29 Å². The van der Waals surface area contributed by atoms with E-state index in [4.69, 9.17) is 32.7 Å². The summed E-state index contributed by atoms with van der Waals surface area (Å²) in [5, 5.41) is 7.51. The second-order valence-electron chi connectivity index (χ2n) is 3.58. The van der Waals surface area contributed by atoms with E-state index < -0.39 is 6.29 Å². The molecule has 3 rings (SSSR count). The Kier molecular flexibility index (Phi) is 2.88. The van der Waals surface area contributed by atoms with Gasteiger partial charge in [0.25, 0.3) is 0 Å². The van der Waals surface area contributed by atoms with Crippen LogP contribution >= 0.6 is 34.5 Å². The van der Waals surface area contributed by atoms with Crippen molar-refractivity contribution in [2.45, 2.75) is 19.5 Å². The monoisotopic (exact) mass is 290 g/mol. The van der Waals surface area contributed by atoms with E-state index in [-0.39, 0.29) is 6.29 Å². The molecule has 0 amide bonds. The second-order valence-corrected chi connectivity index (χ2v) is 5.67. The van der Waals surface area contributed by atoms with Crippen LogP contribution in [-0.4, -0.2) is 16.5 Å². The Morgan fingerprint density at radius 3 is 2.71 bits per heavy atom. The number of ether oxygens (including phenoxy) is 2. The lowest BCUT2D eigenvalue weighted by Crippen LogP contribution is -2.32. The first kappa shape index (κ1) is 11.5. The Balaban J connectivity index is 1.92. The molecule has 3 heterocycles. The van der Waals surface area contributed by atoms with E-state index >= 15 is 0 Å². The number of nitrogens with one attached hydrogen (secondary N) is 1. The Morgan fingerprint density at radius 2 is 2.12 bits per heavy atom. The summed E-state index contributed by atoms with van der Waals surface area (Å²) in [6.45, 7) is 1.82. The summed E-state index contributed by atoms with van der Waals surface area (Å²) in [5.74, 6) is 0. The maximum Gasteiger partial charge on any atom is 0.207 e. The summed E-state index contributed by atoms with van der Waals surface area (Å²) >= 11 is 13.5. The van der Waals surface area contributed by atoms with Crippen LogP contribution in [0.5, 0.6) is 0 Å². The van der Waals surface area contributed by atoms with Gasteiger partial charge in [-0.25, -0.2) is 0 Å². The van der Waals surface area contributed by atoms with E-state index in [1.54, 1.807) is 0 Å². The highest BCUT2D eigenvalue weighted by molar-refractivity contribution is 7.19.